The van der Waals surface area contributed by atoms with Gasteiger partial charge in [0.05, 0.1) is 28.5 Å². The minimum absolute atomic E-state index is 0.638. The van der Waals surface area contributed by atoms with Crippen molar-refractivity contribution in [3.8, 4) is 0 Å². The smallest absolute Gasteiger partial charge is 0.0737 e. The van der Waals surface area contributed by atoms with Crippen LogP contribution in [0.15, 0.2) is 204 Å². The van der Waals surface area contributed by atoms with Crippen molar-refractivity contribution in [2.75, 3.05) is 0 Å². The zero-order valence-electron chi connectivity index (χ0n) is 28.0. The van der Waals surface area contributed by atoms with E-state index in [0.717, 1.165) is 89.3 Å². The fourth-order valence-corrected chi connectivity index (χ4v) is 7.31. The third kappa shape index (κ3) is 5.53. The van der Waals surface area contributed by atoms with Crippen LogP contribution in [0.1, 0.15) is 33.5 Å². The van der Waals surface area contributed by atoms with E-state index in [2.05, 4.69) is 186 Å². The Bertz CT molecular complexity index is 2620. The molecule has 0 saturated heterocycles. The lowest BCUT2D eigenvalue weighted by Gasteiger charge is -2.13. The van der Waals surface area contributed by atoms with Crippen LogP contribution < -0.4 is 10.7 Å². The first-order valence-corrected chi connectivity index (χ1v) is 17.2. The van der Waals surface area contributed by atoms with Crippen LogP contribution in [0.3, 0.4) is 0 Å². The van der Waals surface area contributed by atoms with Crippen LogP contribution in [0.5, 0.6) is 0 Å². The number of nitrogens with zero attached hydrogens (tertiary/aromatic N) is 3. The van der Waals surface area contributed by atoms with Crippen molar-refractivity contribution in [1.82, 2.24) is 9.55 Å². The molecule has 1 N–H and O–H groups in total. The van der Waals surface area contributed by atoms with Crippen LogP contribution in [0.25, 0.3) is 22.3 Å². The molecule has 9 rings (SSSR count). The van der Waals surface area contributed by atoms with Crippen molar-refractivity contribution in [2.45, 2.75) is 6.54 Å². The summed E-state index contributed by atoms with van der Waals surface area (Å²) in [5.74, 6) is 0. The highest BCUT2D eigenvalue weighted by molar-refractivity contribution is 6.31. The summed E-state index contributed by atoms with van der Waals surface area (Å²) in [5, 5.41) is 1.98. The molecule has 3 aliphatic rings. The van der Waals surface area contributed by atoms with Crippen LogP contribution in [0, 0.1) is 0 Å². The number of H-pyrrole nitrogens is 1. The van der Waals surface area contributed by atoms with E-state index in [-0.39, 0.29) is 0 Å². The van der Waals surface area contributed by atoms with Gasteiger partial charge in [-0.3, -0.25) is 0 Å². The van der Waals surface area contributed by atoms with Gasteiger partial charge in [-0.2, -0.15) is 0 Å². The minimum atomic E-state index is 0.638. The SMILES string of the molecule is C=CCn1cc2cc1C(c1ccccc1)=C1C=CC(=N1)C(c1ccccc1)=c1ccc([nH]1)=C(c1ccccc1)C1=NC(=C2c2ccccc2)C=C1. The molecule has 3 aliphatic heterocycles. The molecule has 0 amide bonds. The van der Waals surface area contributed by atoms with Gasteiger partial charge in [-0.15, -0.1) is 6.58 Å². The quantitative estimate of drug-likeness (QED) is 0.175. The van der Waals surface area contributed by atoms with Crippen LogP contribution in [-0.2, 0) is 6.54 Å². The Labute approximate surface area is 297 Å². The maximum atomic E-state index is 5.43. The Hall–Kier alpha value is -6.78. The fraction of sp³-hybridized carbons (Fsp3) is 0.0213. The minimum Gasteiger partial charge on any atom is -0.354 e. The molecule has 4 nitrogen and oxygen atoms in total. The predicted molar refractivity (Wildman–Crippen MR) is 211 cm³/mol. The van der Waals surface area contributed by atoms with Crippen molar-refractivity contribution >= 4 is 33.7 Å². The highest BCUT2D eigenvalue weighted by Crippen LogP contribution is 2.38. The lowest BCUT2D eigenvalue weighted by Crippen LogP contribution is -2.21. The molecule has 0 aliphatic carbocycles. The number of nitrogens with one attached hydrogen (secondary N) is 1. The molecule has 0 unspecified atom stereocenters. The molecule has 0 spiro atoms. The molecule has 5 heterocycles. The van der Waals surface area contributed by atoms with Crippen molar-refractivity contribution < 1.29 is 0 Å². The van der Waals surface area contributed by atoms with Gasteiger partial charge in [-0.25, -0.2) is 9.98 Å². The van der Waals surface area contributed by atoms with E-state index >= 15 is 0 Å². The molecule has 51 heavy (non-hydrogen) atoms. The molecule has 4 aromatic carbocycles. The summed E-state index contributed by atoms with van der Waals surface area (Å²) >= 11 is 0. The lowest BCUT2D eigenvalue weighted by molar-refractivity contribution is 0.817. The number of hydrogen-bond acceptors (Lipinski definition) is 2. The summed E-state index contributed by atoms with van der Waals surface area (Å²) in [6.45, 7) is 4.77. The van der Waals surface area contributed by atoms with Gasteiger partial charge in [-0.05, 0) is 64.8 Å². The van der Waals surface area contributed by atoms with Gasteiger partial charge in [0.2, 0.25) is 0 Å². The molecule has 0 fully saturated rings. The summed E-state index contributed by atoms with van der Waals surface area (Å²) in [4.78, 5) is 14.7. The Morgan fingerprint density at radius 2 is 0.922 bits per heavy atom. The van der Waals surface area contributed by atoms with Gasteiger partial charge < -0.3 is 9.55 Å². The summed E-state index contributed by atoms with van der Waals surface area (Å²) in [5.41, 5.74) is 14.4. The third-order valence-electron chi connectivity index (χ3n) is 9.55. The molecule has 242 valence electrons. The Morgan fingerprint density at radius 1 is 0.490 bits per heavy atom. The molecule has 2 aromatic heterocycles. The normalized spacial score (nSPS) is 15.1. The number of fused-ring (bicyclic) bond motifs is 6. The molecule has 8 bridgehead atoms. The maximum Gasteiger partial charge on any atom is 0.0737 e. The van der Waals surface area contributed by atoms with Gasteiger partial charge in [0, 0.05) is 51.3 Å². The van der Waals surface area contributed by atoms with Gasteiger partial charge in [0.25, 0.3) is 0 Å². The van der Waals surface area contributed by atoms with Crippen molar-refractivity contribution in [3.63, 3.8) is 0 Å². The highest BCUT2D eigenvalue weighted by Gasteiger charge is 2.24. The zero-order valence-corrected chi connectivity index (χ0v) is 28.0. The van der Waals surface area contributed by atoms with Gasteiger partial charge >= 0.3 is 0 Å². The molecule has 6 aromatic rings. The van der Waals surface area contributed by atoms with Crippen LogP contribution in [0.2, 0.25) is 0 Å². The standard InChI is InChI=1S/C47H34N4/c1-2-29-51-31-36-30-43(51)47(35-21-13-6-14-22-35)42-28-27-41(50-42)46(34-19-11-5-12-20-34)40-26-25-39(49-40)45(33-17-9-4-10-18-33)38-24-23-37(48-38)44(36)32-15-7-3-8-16-32/h2-28,30-31,49H,1,29H2. The molecule has 4 heteroatoms. The lowest BCUT2D eigenvalue weighted by atomic mass is 9.96. The van der Waals surface area contributed by atoms with Gasteiger partial charge in [0.15, 0.2) is 0 Å². The van der Waals surface area contributed by atoms with Crippen molar-refractivity contribution in [3.05, 3.63) is 238 Å². The second kappa shape index (κ2) is 12.9. The molecule has 0 atom stereocenters. The summed E-state index contributed by atoms with van der Waals surface area (Å²) in [6, 6.07) is 48.8. The predicted octanol–water partition coefficient (Wildman–Crippen LogP) is 8.65. The molecular weight excluding hydrogens is 621 g/mol. The molecular formula is C47H34N4. The number of benzene rings is 4. The second-order valence-corrected chi connectivity index (χ2v) is 12.7. The summed E-state index contributed by atoms with van der Waals surface area (Å²) in [6.07, 6.45) is 12.8. The topological polar surface area (TPSA) is 45.4 Å². The average molecular weight is 655 g/mol. The first kappa shape index (κ1) is 30.3. The van der Waals surface area contributed by atoms with E-state index in [1.807, 2.05) is 6.08 Å². The van der Waals surface area contributed by atoms with E-state index in [1.165, 1.54) is 0 Å². The van der Waals surface area contributed by atoms with Crippen LogP contribution in [-0.4, -0.2) is 21.0 Å². The van der Waals surface area contributed by atoms with E-state index in [1.54, 1.807) is 0 Å². The van der Waals surface area contributed by atoms with E-state index in [0.29, 0.717) is 6.54 Å². The van der Waals surface area contributed by atoms with Crippen LogP contribution in [0.4, 0.5) is 0 Å². The first-order valence-electron chi connectivity index (χ1n) is 17.2. The number of aromatic amines is 1. The monoisotopic (exact) mass is 654 g/mol. The largest absolute Gasteiger partial charge is 0.354 e. The Balaban J connectivity index is 1.45. The first-order chi connectivity index (χ1) is 25.2. The van der Waals surface area contributed by atoms with Crippen molar-refractivity contribution in [2.24, 2.45) is 9.98 Å². The Kier molecular flexibility index (Phi) is 7.67. The van der Waals surface area contributed by atoms with Crippen LogP contribution >= 0.6 is 0 Å². The third-order valence-corrected chi connectivity index (χ3v) is 9.55. The van der Waals surface area contributed by atoms with Gasteiger partial charge in [-0.1, -0.05) is 127 Å². The summed E-state index contributed by atoms with van der Waals surface area (Å²) in [7, 11) is 0. The van der Waals surface area contributed by atoms with Crippen molar-refractivity contribution in [1.29, 1.82) is 0 Å². The number of aliphatic imine (C=N–C) groups is 2. The fourth-order valence-electron chi connectivity index (χ4n) is 7.31. The van der Waals surface area contributed by atoms with Gasteiger partial charge in [0.1, 0.15) is 0 Å². The maximum absolute atomic E-state index is 5.43. The highest BCUT2D eigenvalue weighted by atomic mass is 15.0. The second-order valence-electron chi connectivity index (χ2n) is 12.7. The molecule has 0 saturated carbocycles. The number of aromatic nitrogens is 2. The number of rotatable bonds is 6. The van der Waals surface area contributed by atoms with E-state index in [9.17, 15) is 0 Å². The summed E-state index contributed by atoms with van der Waals surface area (Å²) < 4.78 is 2.28. The number of hydrogen-bond donors (Lipinski definition) is 1. The average Bonchev–Trinajstić information content (AvgIpc) is 4.01. The van der Waals surface area contributed by atoms with E-state index in [4.69, 9.17) is 9.98 Å². The van der Waals surface area contributed by atoms with E-state index < -0.39 is 0 Å². The molecule has 0 radical (unpaired) electrons. The number of allylic oxidation sites excluding steroid dienone is 5. The Morgan fingerprint density at radius 3 is 1.39 bits per heavy atom. The zero-order chi connectivity index (χ0) is 34.1.